The SMILES string of the molecule is Cc1nn(C)cc1Nc1cnn(C(C)C)c(=O)c1Br. The number of halogens is 1. The Morgan fingerprint density at radius 1 is 1.37 bits per heavy atom. The molecule has 0 atom stereocenters. The summed E-state index contributed by atoms with van der Waals surface area (Å²) in [5, 5.41) is 11.6. The molecule has 0 saturated carbocycles. The van der Waals surface area contributed by atoms with E-state index < -0.39 is 0 Å². The molecule has 0 aromatic carbocycles. The molecule has 2 aromatic rings. The largest absolute Gasteiger partial charge is 0.350 e. The first kappa shape index (κ1) is 13.8. The standard InChI is InChI=1S/C12H16BrN5O/c1-7(2)18-12(19)11(13)9(5-14-18)15-10-6-17(4)16-8(10)3/h5-7,15H,1-4H3. The Balaban J connectivity index is 2.40. The van der Waals surface area contributed by atoms with Crippen molar-refractivity contribution in [2.75, 3.05) is 5.32 Å². The van der Waals surface area contributed by atoms with Crippen LogP contribution in [0.25, 0.3) is 0 Å². The maximum absolute atomic E-state index is 12.1. The molecule has 0 spiro atoms. The van der Waals surface area contributed by atoms with E-state index in [9.17, 15) is 4.79 Å². The molecule has 7 heteroatoms. The molecule has 2 heterocycles. The van der Waals surface area contributed by atoms with Crippen molar-refractivity contribution in [1.29, 1.82) is 0 Å². The van der Waals surface area contributed by atoms with Gasteiger partial charge in [0.15, 0.2) is 0 Å². The van der Waals surface area contributed by atoms with Crippen LogP contribution in [-0.2, 0) is 7.05 Å². The lowest BCUT2D eigenvalue weighted by molar-refractivity contribution is 0.501. The number of nitrogens with one attached hydrogen (secondary N) is 1. The van der Waals surface area contributed by atoms with Crippen LogP contribution < -0.4 is 10.9 Å². The first-order valence-electron chi connectivity index (χ1n) is 5.94. The minimum atomic E-state index is -0.151. The molecule has 0 bridgehead atoms. The predicted molar refractivity (Wildman–Crippen MR) is 77.8 cm³/mol. The van der Waals surface area contributed by atoms with Gasteiger partial charge in [0.2, 0.25) is 0 Å². The number of hydrogen-bond donors (Lipinski definition) is 1. The normalized spacial score (nSPS) is 11.1. The Bertz CT molecular complexity index is 659. The zero-order chi connectivity index (χ0) is 14.2. The molecule has 2 rings (SSSR count). The quantitative estimate of drug-likeness (QED) is 0.940. The molecule has 0 fully saturated rings. The Hall–Kier alpha value is -1.63. The van der Waals surface area contributed by atoms with Gasteiger partial charge in [-0.05, 0) is 36.7 Å². The molecular formula is C12H16BrN5O. The van der Waals surface area contributed by atoms with Crippen LogP contribution in [0.2, 0.25) is 0 Å². The van der Waals surface area contributed by atoms with Crippen LogP contribution >= 0.6 is 15.9 Å². The van der Waals surface area contributed by atoms with Gasteiger partial charge in [-0.3, -0.25) is 9.48 Å². The average Bonchev–Trinajstić information content (AvgIpc) is 2.63. The van der Waals surface area contributed by atoms with Gasteiger partial charge in [0.25, 0.3) is 5.56 Å². The fraction of sp³-hybridized carbons (Fsp3) is 0.417. The fourth-order valence-electron chi connectivity index (χ4n) is 1.77. The maximum Gasteiger partial charge on any atom is 0.283 e. The van der Waals surface area contributed by atoms with Crippen LogP contribution in [0.5, 0.6) is 0 Å². The van der Waals surface area contributed by atoms with Gasteiger partial charge in [0.05, 0.1) is 29.3 Å². The summed E-state index contributed by atoms with van der Waals surface area (Å²) in [6.45, 7) is 5.73. The Labute approximate surface area is 119 Å². The van der Waals surface area contributed by atoms with Gasteiger partial charge in [-0.1, -0.05) is 0 Å². The van der Waals surface area contributed by atoms with Crippen LogP contribution in [-0.4, -0.2) is 19.6 Å². The summed E-state index contributed by atoms with van der Waals surface area (Å²) in [7, 11) is 1.85. The Morgan fingerprint density at radius 3 is 2.58 bits per heavy atom. The van der Waals surface area contributed by atoms with Crippen molar-refractivity contribution in [2.45, 2.75) is 26.8 Å². The molecule has 102 valence electrons. The van der Waals surface area contributed by atoms with Gasteiger partial charge in [-0.2, -0.15) is 10.2 Å². The monoisotopic (exact) mass is 325 g/mol. The summed E-state index contributed by atoms with van der Waals surface area (Å²) in [6.07, 6.45) is 3.49. The number of aromatic nitrogens is 4. The second-order valence-corrected chi connectivity index (χ2v) is 5.44. The molecule has 0 aliphatic heterocycles. The lowest BCUT2D eigenvalue weighted by atomic mass is 10.3. The summed E-state index contributed by atoms with van der Waals surface area (Å²) in [4.78, 5) is 12.1. The first-order chi connectivity index (χ1) is 8.90. The van der Waals surface area contributed by atoms with Crippen LogP contribution in [0.15, 0.2) is 21.7 Å². The van der Waals surface area contributed by atoms with E-state index in [1.54, 1.807) is 10.9 Å². The first-order valence-corrected chi connectivity index (χ1v) is 6.74. The van der Waals surface area contributed by atoms with E-state index in [0.717, 1.165) is 11.4 Å². The number of nitrogens with zero attached hydrogens (tertiary/aromatic N) is 4. The van der Waals surface area contributed by atoms with E-state index in [1.165, 1.54) is 4.68 Å². The van der Waals surface area contributed by atoms with Gasteiger partial charge in [0.1, 0.15) is 4.47 Å². The van der Waals surface area contributed by atoms with Crippen molar-refractivity contribution in [3.05, 3.63) is 32.9 Å². The summed E-state index contributed by atoms with van der Waals surface area (Å²) in [6, 6.07) is 0.0259. The topological polar surface area (TPSA) is 64.7 Å². The van der Waals surface area contributed by atoms with Crippen molar-refractivity contribution in [1.82, 2.24) is 19.6 Å². The number of hydrogen-bond acceptors (Lipinski definition) is 4. The number of anilines is 2. The van der Waals surface area contributed by atoms with Crippen LogP contribution in [0.4, 0.5) is 11.4 Å². The Kier molecular flexibility index (Phi) is 3.75. The Morgan fingerprint density at radius 2 is 2.05 bits per heavy atom. The highest BCUT2D eigenvalue weighted by Gasteiger charge is 2.12. The van der Waals surface area contributed by atoms with E-state index in [0.29, 0.717) is 10.2 Å². The van der Waals surface area contributed by atoms with Gasteiger partial charge in [-0.15, -0.1) is 0 Å². The van der Waals surface area contributed by atoms with Gasteiger partial charge in [0, 0.05) is 13.2 Å². The van der Waals surface area contributed by atoms with E-state index in [-0.39, 0.29) is 11.6 Å². The second-order valence-electron chi connectivity index (χ2n) is 4.64. The summed E-state index contributed by atoms with van der Waals surface area (Å²) in [5.74, 6) is 0. The highest BCUT2D eigenvalue weighted by molar-refractivity contribution is 9.10. The number of rotatable bonds is 3. The molecule has 0 unspecified atom stereocenters. The molecular weight excluding hydrogens is 310 g/mol. The summed E-state index contributed by atoms with van der Waals surface area (Å²) < 4.78 is 3.62. The highest BCUT2D eigenvalue weighted by atomic mass is 79.9. The molecule has 0 amide bonds. The third-order valence-corrected chi connectivity index (χ3v) is 3.48. The zero-order valence-electron chi connectivity index (χ0n) is 11.3. The zero-order valence-corrected chi connectivity index (χ0v) is 12.9. The van der Waals surface area contributed by atoms with Crippen molar-refractivity contribution in [2.24, 2.45) is 7.05 Å². The molecule has 1 N–H and O–H groups in total. The van der Waals surface area contributed by atoms with Gasteiger partial charge >= 0.3 is 0 Å². The smallest absolute Gasteiger partial charge is 0.283 e. The summed E-state index contributed by atoms with van der Waals surface area (Å²) in [5.41, 5.74) is 2.20. The fourth-order valence-corrected chi connectivity index (χ4v) is 2.15. The second kappa shape index (κ2) is 5.16. The van der Waals surface area contributed by atoms with Crippen molar-refractivity contribution in [3.63, 3.8) is 0 Å². The third kappa shape index (κ3) is 2.70. The van der Waals surface area contributed by atoms with E-state index >= 15 is 0 Å². The molecule has 0 aliphatic carbocycles. The van der Waals surface area contributed by atoms with Gasteiger partial charge in [-0.25, -0.2) is 4.68 Å². The minimum Gasteiger partial charge on any atom is -0.350 e. The lowest BCUT2D eigenvalue weighted by Crippen LogP contribution is -2.25. The van der Waals surface area contributed by atoms with Crippen molar-refractivity contribution >= 4 is 27.3 Å². The van der Waals surface area contributed by atoms with Crippen molar-refractivity contribution < 1.29 is 0 Å². The van der Waals surface area contributed by atoms with Crippen LogP contribution in [0, 0.1) is 6.92 Å². The molecule has 6 nitrogen and oxygen atoms in total. The van der Waals surface area contributed by atoms with E-state index in [1.807, 2.05) is 34.0 Å². The third-order valence-electron chi connectivity index (χ3n) is 2.72. The lowest BCUT2D eigenvalue weighted by Gasteiger charge is -2.11. The molecule has 0 aliphatic rings. The van der Waals surface area contributed by atoms with Gasteiger partial charge < -0.3 is 5.32 Å². The molecule has 19 heavy (non-hydrogen) atoms. The van der Waals surface area contributed by atoms with E-state index in [4.69, 9.17) is 0 Å². The van der Waals surface area contributed by atoms with E-state index in [2.05, 4.69) is 31.4 Å². The minimum absolute atomic E-state index is 0.0259. The van der Waals surface area contributed by atoms with Crippen molar-refractivity contribution in [3.8, 4) is 0 Å². The summed E-state index contributed by atoms with van der Waals surface area (Å²) >= 11 is 3.33. The molecule has 2 aromatic heterocycles. The molecule has 0 saturated heterocycles. The number of aryl methyl sites for hydroxylation is 2. The average molecular weight is 326 g/mol. The van der Waals surface area contributed by atoms with Crippen LogP contribution in [0.3, 0.4) is 0 Å². The predicted octanol–water partition coefficient (Wildman–Crippen LogP) is 2.37. The van der Waals surface area contributed by atoms with Crippen LogP contribution in [0.1, 0.15) is 25.6 Å². The highest BCUT2D eigenvalue weighted by Crippen LogP contribution is 2.23. The maximum atomic E-state index is 12.1. The molecule has 0 radical (unpaired) electrons.